The Balaban J connectivity index is 1.41. The molecular weight excluding hydrogens is 354 g/mol. The summed E-state index contributed by atoms with van der Waals surface area (Å²) in [5.74, 6) is 0.668. The molecule has 0 spiro atoms. The van der Waals surface area contributed by atoms with Gasteiger partial charge in [0.05, 0.1) is 23.3 Å². The first-order valence-corrected chi connectivity index (χ1v) is 9.65. The van der Waals surface area contributed by atoms with E-state index in [2.05, 4.69) is 43.9 Å². The molecule has 5 rings (SSSR count). The van der Waals surface area contributed by atoms with E-state index in [9.17, 15) is 0 Å². The zero-order valence-corrected chi connectivity index (χ0v) is 16.0. The third kappa shape index (κ3) is 2.99. The fourth-order valence-corrected chi connectivity index (χ4v) is 4.03. The molecule has 1 aliphatic carbocycles. The third-order valence-corrected chi connectivity index (χ3v) is 5.68. The van der Waals surface area contributed by atoms with Crippen LogP contribution in [-0.2, 0) is 11.8 Å². The summed E-state index contributed by atoms with van der Waals surface area (Å²) < 4.78 is 9.12. The maximum Gasteiger partial charge on any atom is 0.241 e. The third-order valence-electron chi connectivity index (χ3n) is 5.68. The second-order valence-corrected chi connectivity index (χ2v) is 7.41. The molecule has 1 aromatic carbocycles. The van der Waals surface area contributed by atoms with Gasteiger partial charge in [0.25, 0.3) is 0 Å². The second-order valence-electron chi connectivity index (χ2n) is 7.41. The summed E-state index contributed by atoms with van der Waals surface area (Å²) in [7, 11) is 3.69. The number of hydrogen-bond donors (Lipinski definition) is 1. The Labute approximate surface area is 162 Å². The molecule has 8 heteroatoms. The first kappa shape index (κ1) is 17.1. The Morgan fingerprint density at radius 1 is 1.11 bits per heavy atom. The Hall–Kier alpha value is -3.00. The number of aromatic nitrogens is 6. The van der Waals surface area contributed by atoms with Gasteiger partial charge < -0.3 is 10.1 Å². The number of ether oxygens (including phenoxy) is 1. The van der Waals surface area contributed by atoms with Crippen LogP contribution in [-0.4, -0.2) is 48.8 Å². The van der Waals surface area contributed by atoms with Crippen LogP contribution in [0.5, 0.6) is 0 Å². The SMILES string of the molecule is COC1CCC(Nc2ncc3c(-c4ccc5nnn(C)c5c4)ccn3n2)CC1. The number of benzene rings is 1. The Morgan fingerprint density at radius 3 is 2.79 bits per heavy atom. The second kappa shape index (κ2) is 6.87. The van der Waals surface area contributed by atoms with Crippen LogP contribution in [0.2, 0.25) is 0 Å². The van der Waals surface area contributed by atoms with Gasteiger partial charge in [0.1, 0.15) is 5.52 Å². The van der Waals surface area contributed by atoms with Gasteiger partial charge in [-0.1, -0.05) is 11.3 Å². The Bertz CT molecular complexity index is 1120. The highest BCUT2D eigenvalue weighted by Crippen LogP contribution is 2.28. The van der Waals surface area contributed by atoms with E-state index >= 15 is 0 Å². The molecule has 1 N–H and O–H groups in total. The molecule has 0 saturated heterocycles. The van der Waals surface area contributed by atoms with E-state index in [1.807, 2.05) is 30.0 Å². The minimum atomic E-state index is 0.389. The topological polar surface area (TPSA) is 82.2 Å². The van der Waals surface area contributed by atoms with Crippen molar-refractivity contribution in [3.8, 4) is 11.1 Å². The van der Waals surface area contributed by atoms with Gasteiger partial charge in [0.15, 0.2) is 0 Å². The smallest absolute Gasteiger partial charge is 0.241 e. The van der Waals surface area contributed by atoms with Gasteiger partial charge in [0, 0.05) is 32.0 Å². The molecule has 0 unspecified atom stereocenters. The number of aryl methyl sites for hydroxylation is 1. The standard InChI is InChI=1S/C20H23N7O/c1-26-18-11-13(3-8-17(18)23-25-26)16-9-10-27-19(16)12-21-20(24-27)22-14-4-6-15(28-2)7-5-14/h3,8-12,14-15H,4-7H2,1-2H3,(H,22,24). The fraction of sp³-hybridized carbons (Fsp3) is 0.400. The van der Waals surface area contributed by atoms with E-state index in [4.69, 9.17) is 4.74 Å². The zero-order chi connectivity index (χ0) is 19.1. The van der Waals surface area contributed by atoms with Gasteiger partial charge in [-0.3, -0.25) is 0 Å². The monoisotopic (exact) mass is 377 g/mol. The van der Waals surface area contributed by atoms with E-state index in [0.717, 1.165) is 53.4 Å². The number of fused-ring (bicyclic) bond motifs is 2. The van der Waals surface area contributed by atoms with Crippen molar-refractivity contribution < 1.29 is 4.74 Å². The molecule has 28 heavy (non-hydrogen) atoms. The van der Waals surface area contributed by atoms with Crippen molar-refractivity contribution >= 4 is 22.5 Å². The summed E-state index contributed by atoms with van der Waals surface area (Å²) in [4.78, 5) is 4.56. The number of hydrogen-bond acceptors (Lipinski definition) is 6. The van der Waals surface area contributed by atoms with Gasteiger partial charge in [-0.25, -0.2) is 14.2 Å². The van der Waals surface area contributed by atoms with Crippen LogP contribution in [0.15, 0.2) is 36.7 Å². The highest BCUT2D eigenvalue weighted by Gasteiger charge is 2.21. The van der Waals surface area contributed by atoms with Gasteiger partial charge in [-0.15, -0.1) is 10.2 Å². The molecule has 1 aliphatic rings. The van der Waals surface area contributed by atoms with E-state index in [1.54, 1.807) is 11.8 Å². The van der Waals surface area contributed by atoms with E-state index in [1.165, 1.54) is 0 Å². The van der Waals surface area contributed by atoms with Crippen LogP contribution in [0.25, 0.3) is 27.7 Å². The van der Waals surface area contributed by atoms with Crippen LogP contribution < -0.4 is 5.32 Å². The first-order chi connectivity index (χ1) is 13.7. The summed E-state index contributed by atoms with van der Waals surface area (Å²) in [5.41, 5.74) is 5.06. The lowest BCUT2D eigenvalue weighted by atomic mass is 9.93. The molecule has 0 radical (unpaired) electrons. The molecule has 3 heterocycles. The van der Waals surface area contributed by atoms with E-state index in [-0.39, 0.29) is 0 Å². The summed E-state index contributed by atoms with van der Waals surface area (Å²) in [5, 5.41) is 16.4. The molecule has 4 aromatic rings. The van der Waals surface area contributed by atoms with Crippen LogP contribution in [0.1, 0.15) is 25.7 Å². The summed E-state index contributed by atoms with van der Waals surface area (Å²) in [6.07, 6.45) is 8.57. The molecule has 3 aromatic heterocycles. The van der Waals surface area contributed by atoms with Crippen molar-refractivity contribution in [3.63, 3.8) is 0 Å². The van der Waals surface area contributed by atoms with Gasteiger partial charge in [-0.2, -0.15) is 0 Å². The largest absolute Gasteiger partial charge is 0.381 e. The number of nitrogens with zero attached hydrogens (tertiary/aromatic N) is 6. The molecule has 1 saturated carbocycles. The van der Waals surface area contributed by atoms with Crippen molar-refractivity contribution in [2.24, 2.45) is 7.05 Å². The molecule has 0 bridgehead atoms. The van der Waals surface area contributed by atoms with Crippen LogP contribution in [0.3, 0.4) is 0 Å². The molecule has 0 atom stereocenters. The van der Waals surface area contributed by atoms with E-state index in [0.29, 0.717) is 18.1 Å². The van der Waals surface area contributed by atoms with Crippen LogP contribution in [0, 0.1) is 0 Å². The fourth-order valence-electron chi connectivity index (χ4n) is 4.03. The molecule has 8 nitrogen and oxygen atoms in total. The molecule has 0 aliphatic heterocycles. The van der Waals surface area contributed by atoms with Crippen molar-refractivity contribution in [1.82, 2.24) is 29.6 Å². The minimum absolute atomic E-state index is 0.389. The van der Waals surface area contributed by atoms with Crippen molar-refractivity contribution in [3.05, 3.63) is 36.7 Å². The Kier molecular flexibility index (Phi) is 4.20. The number of methoxy groups -OCH3 is 1. The molecule has 0 amide bonds. The lowest BCUT2D eigenvalue weighted by molar-refractivity contribution is 0.0681. The summed E-state index contributed by atoms with van der Waals surface area (Å²) in [6.45, 7) is 0. The molecule has 144 valence electrons. The molecular formula is C20H23N7O. The summed E-state index contributed by atoms with van der Waals surface area (Å²) >= 11 is 0. The molecule has 1 fully saturated rings. The zero-order valence-electron chi connectivity index (χ0n) is 16.0. The van der Waals surface area contributed by atoms with Gasteiger partial charge in [-0.05, 0) is 49.4 Å². The van der Waals surface area contributed by atoms with Crippen LogP contribution >= 0.6 is 0 Å². The summed E-state index contributed by atoms with van der Waals surface area (Å²) in [6, 6.07) is 8.63. The Morgan fingerprint density at radius 2 is 1.96 bits per heavy atom. The van der Waals surface area contributed by atoms with Crippen molar-refractivity contribution in [1.29, 1.82) is 0 Å². The van der Waals surface area contributed by atoms with Crippen molar-refractivity contribution in [2.45, 2.75) is 37.8 Å². The quantitative estimate of drug-likeness (QED) is 0.589. The van der Waals surface area contributed by atoms with Crippen LogP contribution in [0.4, 0.5) is 5.95 Å². The lowest BCUT2D eigenvalue weighted by Gasteiger charge is -2.28. The normalized spacial score (nSPS) is 20.1. The van der Waals surface area contributed by atoms with Crippen molar-refractivity contribution in [2.75, 3.05) is 12.4 Å². The predicted molar refractivity (Wildman–Crippen MR) is 107 cm³/mol. The highest BCUT2D eigenvalue weighted by atomic mass is 16.5. The first-order valence-electron chi connectivity index (χ1n) is 9.65. The average Bonchev–Trinajstić information content (AvgIpc) is 3.32. The highest BCUT2D eigenvalue weighted by molar-refractivity contribution is 5.87. The number of rotatable bonds is 4. The van der Waals surface area contributed by atoms with Gasteiger partial charge >= 0.3 is 0 Å². The predicted octanol–water partition coefficient (Wildman–Crippen LogP) is 3.05. The van der Waals surface area contributed by atoms with Gasteiger partial charge in [0.2, 0.25) is 5.95 Å². The minimum Gasteiger partial charge on any atom is -0.381 e. The lowest BCUT2D eigenvalue weighted by Crippen LogP contribution is -2.30. The number of nitrogens with one attached hydrogen (secondary N) is 1. The van der Waals surface area contributed by atoms with E-state index < -0.39 is 0 Å². The maximum absolute atomic E-state index is 5.45. The number of anilines is 1. The average molecular weight is 377 g/mol. The maximum atomic E-state index is 5.45.